The van der Waals surface area contributed by atoms with Crippen LogP contribution < -0.4 is 25.2 Å². The molecule has 1 aliphatic rings. The van der Waals surface area contributed by atoms with Crippen LogP contribution in [0.3, 0.4) is 0 Å². The van der Waals surface area contributed by atoms with Gasteiger partial charge in [-0.25, -0.2) is 8.42 Å². The van der Waals surface area contributed by atoms with Crippen LogP contribution in [0.4, 0.5) is 5.69 Å². The molecule has 144 valence electrons. The molecule has 0 aliphatic carbocycles. The summed E-state index contributed by atoms with van der Waals surface area (Å²) in [7, 11) is -3.86. The molecule has 0 saturated carbocycles. The Kier molecular flexibility index (Phi) is 5.82. The average Bonchev–Trinajstić information content (AvgIpc) is 2.90. The summed E-state index contributed by atoms with van der Waals surface area (Å²) >= 11 is 0. The van der Waals surface area contributed by atoms with Gasteiger partial charge in [-0.1, -0.05) is 6.07 Å². The van der Waals surface area contributed by atoms with Crippen LogP contribution in [0.15, 0.2) is 47.4 Å². The van der Waals surface area contributed by atoms with Crippen LogP contribution in [0.2, 0.25) is 0 Å². The molecule has 9 heteroatoms. The Morgan fingerprint density at radius 2 is 1.85 bits per heavy atom. The summed E-state index contributed by atoms with van der Waals surface area (Å²) < 4.78 is 38.9. The molecule has 3 rings (SSSR count). The number of anilines is 1. The molecule has 1 amide bonds. The van der Waals surface area contributed by atoms with Crippen molar-refractivity contribution in [2.45, 2.75) is 11.3 Å². The summed E-state index contributed by atoms with van der Waals surface area (Å²) in [4.78, 5) is 12.1. The van der Waals surface area contributed by atoms with Gasteiger partial charge >= 0.3 is 0 Å². The van der Waals surface area contributed by atoms with Gasteiger partial charge in [0.25, 0.3) is 15.9 Å². The molecule has 0 radical (unpaired) electrons. The number of carbonyl (C=O) groups is 1. The first-order chi connectivity index (χ1) is 13.0. The molecule has 0 unspecified atom stereocenters. The molecule has 1 aliphatic heterocycles. The van der Waals surface area contributed by atoms with Crippen LogP contribution in [-0.2, 0) is 10.0 Å². The van der Waals surface area contributed by atoms with Gasteiger partial charge in [0.2, 0.25) is 0 Å². The molecule has 0 bridgehead atoms. The topological polar surface area (TPSA) is 120 Å². The fourth-order valence-corrected chi connectivity index (χ4v) is 3.60. The first-order valence-electron chi connectivity index (χ1n) is 8.50. The number of carbonyl (C=O) groups excluding carboxylic acids is 1. The molecule has 4 N–H and O–H groups in total. The Bertz CT molecular complexity index is 930. The predicted octanol–water partition coefficient (Wildman–Crippen LogP) is 1.34. The molecule has 2 aromatic rings. The fourth-order valence-electron chi connectivity index (χ4n) is 2.54. The summed E-state index contributed by atoms with van der Waals surface area (Å²) in [6.45, 7) is 1.65. The number of rotatable bonds is 6. The summed E-state index contributed by atoms with van der Waals surface area (Å²) in [5.74, 6) is 0.590. The number of fused-ring (bicyclic) bond motifs is 1. The van der Waals surface area contributed by atoms with Gasteiger partial charge in [-0.3, -0.25) is 9.52 Å². The standard InChI is InChI=1S/C18H21N3O5S/c19-7-8-20-18(22)13-3-1-4-14(11-13)21-27(23,24)15-5-6-16-17(12-15)26-10-2-9-25-16/h1,3-6,11-12,21H,2,7-10,19H2,(H,20,22). The molecule has 8 nitrogen and oxygen atoms in total. The zero-order valence-corrected chi connectivity index (χ0v) is 15.4. The average molecular weight is 391 g/mol. The van der Waals surface area contributed by atoms with Crippen LogP contribution >= 0.6 is 0 Å². The van der Waals surface area contributed by atoms with Gasteiger partial charge in [0.1, 0.15) is 0 Å². The minimum Gasteiger partial charge on any atom is -0.490 e. The molecular weight excluding hydrogens is 370 g/mol. The number of benzene rings is 2. The smallest absolute Gasteiger partial charge is 0.262 e. The number of nitrogens with one attached hydrogen (secondary N) is 2. The maximum Gasteiger partial charge on any atom is 0.262 e. The lowest BCUT2D eigenvalue weighted by atomic mass is 10.2. The van der Waals surface area contributed by atoms with Crippen molar-refractivity contribution in [3.05, 3.63) is 48.0 Å². The normalized spacial score (nSPS) is 13.5. The van der Waals surface area contributed by atoms with Crippen molar-refractivity contribution in [3.8, 4) is 11.5 Å². The Hall–Kier alpha value is -2.78. The van der Waals surface area contributed by atoms with Crippen molar-refractivity contribution in [3.63, 3.8) is 0 Å². The third kappa shape index (κ3) is 4.69. The van der Waals surface area contributed by atoms with E-state index in [0.717, 1.165) is 6.42 Å². The number of hydrogen-bond donors (Lipinski definition) is 3. The highest BCUT2D eigenvalue weighted by Gasteiger charge is 2.19. The van der Waals surface area contributed by atoms with Crippen LogP contribution in [-0.4, -0.2) is 40.6 Å². The summed E-state index contributed by atoms with van der Waals surface area (Å²) in [5.41, 5.74) is 5.98. The van der Waals surface area contributed by atoms with Crippen molar-refractivity contribution < 1.29 is 22.7 Å². The van der Waals surface area contributed by atoms with Gasteiger partial charge < -0.3 is 20.5 Å². The van der Waals surface area contributed by atoms with E-state index in [1.807, 2.05) is 0 Å². The van der Waals surface area contributed by atoms with E-state index in [9.17, 15) is 13.2 Å². The molecule has 0 saturated heterocycles. The largest absolute Gasteiger partial charge is 0.490 e. The quantitative estimate of drug-likeness (QED) is 0.683. The van der Waals surface area contributed by atoms with Crippen LogP contribution in [0, 0.1) is 0 Å². The second-order valence-corrected chi connectivity index (χ2v) is 7.57. The Morgan fingerprint density at radius 1 is 1.07 bits per heavy atom. The Labute approximate surface area is 157 Å². The van der Waals surface area contributed by atoms with E-state index in [1.54, 1.807) is 24.3 Å². The van der Waals surface area contributed by atoms with Crippen LogP contribution in [0.1, 0.15) is 16.8 Å². The van der Waals surface area contributed by atoms with E-state index >= 15 is 0 Å². The van der Waals surface area contributed by atoms with Gasteiger partial charge in [-0.2, -0.15) is 0 Å². The number of ether oxygens (including phenoxy) is 2. The second-order valence-electron chi connectivity index (χ2n) is 5.89. The van der Waals surface area contributed by atoms with E-state index in [2.05, 4.69) is 10.0 Å². The number of nitrogens with two attached hydrogens (primary N) is 1. The third-order valence-electron chi connectivity index (χ3n) is 3.84. The van der Waals surface area contributed by atoms with Gasteiger partial charge in [0.15, 0.2) is 11.5 Å². The van der Waals surface area contributed by atoms with Crippen LogP contribution in [0.5, 0.6) is 11.5 Å². The second kappa shape index (κ2) is 8.28. The minimum atomic E-state index is -3.86. The van der Waals surface area contributed by atoms with E-state index in [-0.39, 0.29) is 16.5 Å². The molecule has 0 aromatic heterocycles. The number of amides is 1. The van der Waals surface area contributed by atoms with E-state index in [4.69, 9.17) is 15.2 Å². The van der Waals surface area contributed by atoms with Crippen molar-refractivity contribution in [1.82, 2.24) is 5.32 Å². The van der Waals surface area contributed by atoms with Crippen molar-refractivity contribution in [2.75, 3.05) is 31.0 Å². The lowest BCUT2D eigenvalue weighted by molar-refractivity contribution is 0.0954. The van der Waals surface area contributed by atoms with Gasteiger partial charge in [-0.15, -0.1) is 0 Å². The van der Waals surface area contributed by atoms with Crippen molar-refractivity contribution in [2.24, 2.45) is 5.73 Å². The van der Waals surface area contributed by atoms with E-state index < -0.39 is 10.0 Å². The molecule has 1 heterocycles. The van der Waals surface area contributed by atoms with Crippen LogP contribution in [0.25, 0.3) is 0 Å². The highest BCUT2D eigenvalue weighted by atomic mass is 32.2. The van der Waals surface area contributed by atoms with E-state index in [0.29, 0.717) is 43.4 Å². The van der Waals surface area contributed by atoms with Crippen molar-refractivity contribution >= 4 is 21.6 Å². The predicted molar refractivity (Wildman–Crippen MR) is 101 cm³/mol. The highest BCUT2D eigenvalue weighted by Crippen LogP contribution is 2.32. The Balaban J connectivity index is 1.80. The van der Waals surface area contributed by atoms with Gasteiger partial charge in [0, 0.05) is 36.8 Å². The fraction of sp³-hybridized carbons (Fsp3) is 0.278. The zero-order chi connectivity index (χ0) is 19.3. The minimum absolute atomic E-state index is 0.0461. The van der Waals surface area contributed by atoms with Gasteiger partial charge in [0.05, 0.1) is 18.1 Å². The molecule has 0 fully saturated rings. The summed E-state index contributed by atoms with van der Waals surface area (Å²) in [6, 6.07) is 10.7. The monoisotopic (exact) mass is 391 g/mol. The maximum absolute atomic E-state index is 12.7. The lowest BCUT2D eigenvalue weighted by Crippen LogP contribution is -2.29. The number of sulfonamides is 1. The molecule has 2 aromatic carbocycles. The Morgan fingerprint density at radius 3 is 2.63 bits per heavy atom. The maximum atomic E-state index is 12.7. The highest BCUT2D eigenvalue weighted by molar-refractivity contribution is 7.92. The first-order valence-corrected chi connectivity index (χ1v) is 9.99. The SMILES string of the molecule is NCCNC(=O)c1cccc(NS(=O)(=O)c2ccc3c(c2)OCCCO3)c1. The molecule has 27 heavy (non-hydrogen) atoms. The zero-order valence-electron chi connectivity index (χ0n) is 14.6. The summed E-state index contributed by atoms with van der Waals surface area (Å²) in [5, 5.41) is 2.64. The first kappa shape index (κ1) is 19.0. The van der Waals surface area contributed by atoms with E-state index in [1.165, 1.54) is 18.2 Å². The molecule has 0 spiro atoms. The molecule has 0 atom stereocenters. The lowest BCUT2D eigenvalue weighted by Gasteiger charge is -2.12. The third-order valence-corrected chi connectivity index (χ3v) is 5.22. The van der Waals surface area contributed by atoms with Crippen molar-refractivity contribution in [1.29, 1.82) is 0 Å². The summed E-state index contributed by atoms with van der Waals surface area (Å²) in [6.07, 6.45) is 0.730. The number of hydrogen-bond acceptors (Lipinski definition) is 6. The van der Waals surface area contributed by atoms with Gasteiger partial charge in [-0.05, 0) is 30.3 Å². The molecular formula is C18H21N3O5S.